The van der Waals surface area contributed by atoms with Crippen LogP contribution < -0.4 is 14.9 Å². The Morgan fingerprint density at radius 2 is 1.29 bits per heavy atom. The summed E-state index contributed by atoms with van der Waals surface area (Å²) >= 11 is -2.05. The molecule has 1 atom stereocenters. The Morgan fingerprint density at radius 1 is 0.824 bits per heavy atom. The highest BCUT2D eigenvalue weighted by atomic mass is 32.2. The van der Waals surface area contributed by atoms with Crippen LogP contribution in [0.2, 0.25) is 0 Å². The van der Waals surface area contributed by atoms with Crippen molar-refractivity contribution in [1.82, 2.24) is 24.8 Å². The summed E-state index contributed by atoms with van der Waals surface area (Å²) in [7, 11) is 1.57. The second-order valence-corrected chi connectivity index (χ2v) is 8.89. The zero-order chi connectivity index (χ0) is 24.9. The molecule has 0 aliphatic carbocycles. The van der Waals surface area contributed by atoms with Crippen LogP contribution >= 0.6 is 0 Å². The molecule has 34 heavy (non-hydrogen) atoms. The smallest absolute Gasteiger partial charge is 0.261 e. The molecule has 10 nitrogen and oxygen atoms in total. The van der Waals surface area contributed by atoms with Gasteiger partial charge in [0.05, 0.1) is 5.69 Å². The molecule has 1 unspecified atom stereocenters. The van der Waals surface area contributed by atoms with Gasteiger partial charge in [0, 0.05) is 39.6 Å². The molecular weight excluding hydrogens is 452 g/mol. The van der Waals surface area contributed by atoms with Gasteiger partial charge >= 0.3 is 0 Å². The molecule has 0 amide bonds. The first-order valence-corrected chi connectivity index (χ1v) is 13.1. The minimum Gasteiger partial charge on any atom is -0.353 e. The Bertz CT molecular complexity index is 840. The summed E-state index contributed by atoms with van der Waals surface area (Å²) < 4.78 is 21.8. The standard InChI is InChI=1S/C23H40N8O2S/c1-6-30(7-2)16-14-24-22-26-21(27-23(28-22)25-15-17-31(8-3)9-4)18-19-10-12-20(13-11-19)29(5)34(32)33/h10-13H,6-9,14-18H2,1-5H3,(H,32,33)(H2,24,25,26,27,28). The number of anilines is 3. The molecule has 0 saturated carbocycles. The number of hydrogen-bond acceptors (Lipinski definition) is 8. The molecule has 11 heteroatoms. The average molecular weight is 493 g/mol. The van der Waals surface area contributed by atoms with Crippen molar-refractivity contribution < 1.29 is 8.76 Å². The van der Waals surface area contributed by atoms with Crippen molar-refractivity contribution in [3.8, 4) is 0 Å². The van der Waals surface area contributed by atoms with Crippen molar-refractivity contribution in [2.75, 3.05) is 74.3 Å². The van der Waals surface area contributed by atoms with E-state index in [-0.39, 0.29) is 0 Å². The molecule has 1 aromatic heterocycles. The topological polar surface area (TPSA) is 110 Å². The number of benzene rings is 1. The lowest BCUT2D eigenvalue weighted by Gasteiger charge is -2.19. The molecule has 0 bridgehead atoms. The Morgan fingerprint density at radius 3 is 1.71 bits per heavy atom. The molecule has 2 aromatic rings. The van der Waals surface area contributed by atoms with Crippen molar-refractivity contribution in [2.24, 2.45) is 0 Å². The number of nitrogens with one attached hydrogen (secondary N) is 2. The van der Waals surface area contributed by atoms with Gasteiger partial charge in [0.1, 0.15) is 5.82 Å². The molecule has 0 saturated heterocycles. The van der Waals surface area contributed by atoms with E-state index < -0.39 is 11.3 Å². The lowest BCUT2D eigenvalue weighted by Crippen LogP contribution is -2.30. The lowest BCUT2D eigenvalue weighted by atomic mass is 10.1. The average Bonchev–Trinajstić information content (AvgIpc) is 2.84. The number of rotatable bonds is 16. The molecule has 0 radical (unpaired) electrons. The number of hydrogen-bond donors (Lipinski definition) is 3. The van der Waals surface area contributed by atoms with Crippen LogP contribution in [0.25, 0.3) is 0 Å². The quantitative estimate of drug-likeness (QED) is 0.305. The fraction of sp³-hybridized carbons (Fsp3) is 0.609. The molecule has 0 spiro atoms. The van der Waals surface area contributed by atoms with E-state index in [1.165, 1.54) is 4.31 Å². The molecule has 0 aliphatic heterocycles. The minimum absolute atomic E-state index is 0.532. The third-order valence-electron chi connectivity index (χ3n) is 5.79. The maximum absolute atomic E-state index is 11.3. The fourth-order valence-electron chi connectivity index (χ4n) is 3.48. The number of nitrogens with zero attached hydrogens (tertiary/aromatic N) is 6. The Kier molecular flexibility index (Phi) is 12.2. The van der Waals surface area contributed by atoms with Crippen LogP contribution in [0.1, 0.15) is 39.1 Å². The monoisotopic (exact) mass is 492 g/mol. The van der Waals surface area contributed by atoms with Crippen molar-refractivity contribution >= 4 is 28.9 Å². The van der Waals surface area contributed by atoms with Crippen molar-refractivity contribution in [3.05, 3.63) is 35.7 Å². The summed E-state index contributed by atoms with van der Waals surface area (Å²) in [6, 6.07) is 7.47. The lowest BCUT2D eigenvalue weighted by molar-refractivity contribution is 0.315. The third kappa shape index (κ3) is 9.13. The third-order valence-corrected chi connectivity index (χ3v) is 6.47. The van der Waals surface area contributed by atoms with Gasteiger partial charge in [-0.3, -0.25) is 8.86 Å². The predicted molar refractivity (Wildman–Crippen MR) is 141 cm³/mol. The van der Waals surface area contributed by atoms with E-state index in [1.54, 1.807) is 7.05 Å². The molecule has 3 N–H and O–H groups in total. The molecule has 1 heterocycles. The first kappa shape index (κ1) is 27.9. The van der Waals surface area contributed by atoms with Crippen LogP contribution in [0.5, 0.6) is 0 Å². The van der Waals surface area contributed by atoms with Crippen LogP contribution in [0.15, 0.2) is 24.3 Å². The van der Waals surface area contributed by atoms with Gasteiger partial charge in [0.2, 0.25) is 11.9 Å². The van der Waals surface area contributed by atoms with E-state index in [4.69, 9.17) is 0 Å². The Hall–Kier alpha value is -2.34. The fourth-order valence-corrected chi connectivity index (χ4v) is 3.79. The van der Waals surface area contributed by atoms with Crippen molar-refractivity contribution in [3.63, 3.8) is 0 Å². The van der Waals surface area contributed by atoms with Crippen molar-refractivity contribution in [2.45, 2.75) is 34.1 Å². The van der Waals surface area contributed by atoms with Crippen LogP contribution in [-0.4, -0.2) is 92.9 Å². The normalized spacial score (nSPS) is 12.2. The molecule has 2 rings (SSSR count). The first-order valence-electron chi connectivity index (χ1n) is 12.0. The Labute approximate surface area is 206 Å². The van der Waals surface area contributed by atoms with Gasteiger partial charge in [0.15, 0.2) is 0 Å². The van der Waals surface area contributed by atoms with E-state index >= 15 is 0 Å². The van der Waals surface area contributed by atoms with E-state index in [2.05, 4.69) is 63.1 Å². The molecule has 190 valence electrons. The summed E-state index contributed by atoms with van der Waals surface area (Å²) in [5.74, 6) is 1.79. The zero-order valence-electron chi connectivity index (χ0n) is 21.1. The molecule has 0 fully saturated rings. The number of aromatic nitrogens is 3. The summed E-state index contributed by atoms with van der Waals surface area (Å²) in [4.78, 5) is 18.5. The van der Waals surface area contributed by atoms with E-state index in [9.17, 15) is 8.76 Å². The molecular formula is C23H40N8O2S. The highest BCUT2D eigenvalue weighted by Gasteiger charge is 2.10. The van der Waals surface area contributed by atoms with Crippen LogP contribution in [-0.2, 0) is 17.7 Å². The maximum atomic E-state index is 11.3. The van der Waals surface area contributed by atoms with Gasteiger partial charge < -0.3 is 20.4 Å². The van der Waals surface area contributed by atoms with Gasteiger partial charge in [-0.25, -0.2) is 4.21 Å². The van der Waals surface area contributed by atoms with E-state index in [0.29, 0.717) is 29.8 Å². The molecule has 0 aliphatic rings. The highest BCUT2D eigenvalue weighted by molar-refractivity contribution is 7.80. The minimum atomic E-state index is -2.05. The van der Waals surface area contributed by atoms with Gasteiger partial charge in [0.25, 0.3) is 11.3 Å². The van der Waals surface area contributed by atoms with Gasteiger partial charge in [-0.15, -0.1) is 0 Å². The number of likely N-dealkylation sites (N-methyl/N-ethyl adjacent to an activating group) is 2. The highest BCUT2D eigenvalue weighted by Crippen LogP contribution is 2.17. The van der Waals surface area contributed by atoms with Crippen LogP contribution in [0, 0.1) is 0 Å². The maximum Gasteiger partial charge on any atom is 0.261 e. The second kappa shape index (κ2) is 14.8. The first-order chi connectivity index (χ1) is 16.4. The second-order valence-electron chi connectivity index (χ2n) is 7.88. The summed E-state index contributed by atoms with van der Waals surface area (Å²) in [6.07, 6.45) is 0.532. The largest absolute Gasteiger partial charge is 0.353 e. The van der Waals surface area contributed by atoms with Crippen LogP contribution in [0.3, 0.4) is 0 Å². The van der Waals surface area contributed by atoms with Crippen LogP contribution in [0.4, 0.5) is 17.6 Å². The van der Waals surface area contributed by atoms with Gasteiger partial charge in [-0.2, -0.15) is 15.0 Å². The van der Waals surface area contributed by atoms with Crippen molar-refractivity contribution in [1.29, 1.82) is 0 Å². The summed E-state index contributed by atoms with van der Waals surface area (Å²) in [6.45, 7) is 16.0. The Balaban J connectivity index is 2.13. The van der Waals surface area contributed by atoms with E-state index in [1.807, 2.05) is 24.3 Å². The van der Waals surface area contributed by atoms with Gasteiger partial charge in [-0.1, -0.05) is 39.8 Å². The summed E-state index contributed by atoms with van der Waals surface area (Å²) in [5, 5.41) is 6.69. The molecule has 1 aromatic carbocycles. The zero-order valence-corrected chi connectivity index (χ0v) is 21.9. The predicted octanol–water partition coefficient (Wildman–Crippen LogP) is 2.54. The van der Waals surface area contributed by atoms with E-state index in [0.717, 1.165) is 57.9 Å². The summed E-state index contributed by atoms with van der Waals surface area (Å²) in [5.41, 5.74) is 1.67. The SMILES string of the molecule is CCN(CC)CCNc1nc(Cc2ccc(N(C)S(=O)O)cc2)nc(NCCN(CC)CC)n1. The van der Waals surface area contributed by atoms with Gasteiger partial charge in [-0.05, 0) is 43.9 Å².